The summed E-state index contributed by atoms with van der Waals surface area (Å²) in [6, 6.07) is 20.4. The fraction of sp³-hybridized carbons (Fsp3) is 0.269. The monoisotopic (exact) mass is 432 g/mol. The second kappa shape index (κ2) is 9.64. The van der Waals surface area contributed by atoms with Gasteiger partial charge >= 0.3 is 5.97 Å². The molecule has 3 aromatic rings. The summed E-state index contributed by atoms with van der Waals surface area (Å²) in [6.45, 7) is 0.517. The molecular weight excluding hydrogens is 404 g/mol. The highest BCUT2D eigenvalue weighted by atomic mass is 16.5. The van der Waals surface area contributed by atoms with Crippen LogP contribution in [0.1, 0.15) is 41.6 Å². The summed E-state index contributed by atoms with van der Waals surface area (Å²) in [5.41, 5.74) is 9.57. The van der Waals surface area contributed by atoms with Crippen LogP contribution < -0.4 is 20.1 Å². The fourth-order valence-corrected chi connectivity index (χ4v) is 4.12. The Kier molecular flexibility index (Phi) is 6.50. The highest BCUT2D eigenvalue weighted by Crippen LogP contribution is 2.38. The molecule has 166 valence electrons. The molecule has 3 N–H and O–H groups in total. The summed E-state index contributed by atoms with van der Waals surface area (Å²) in [6.07, 6.45) is 4.63. The van der Waals surface area contributed by atoms with Crippen LogP contribution in [0.4, 0.5) is 17.1 Å². The van der Waals surface area contributed by atoms with Gasteiger partial charge in [0, 0.05) is 29.7 Å². The summed E-state index contributed by atoms with van der Waals surface area (Å²) >= 11 is 0. The number of nitrogen functional groups attached to an aromatic ring is 1. The van der Waals surface area contributed by atoms with E-state index in [0.29, 0.717) is 23.7 Å². The predicted molar refractivity (Wildman–Crippen MR) is 126 cm³/mol. The lowest BCUT2D eigenvalue weighted by Gasteiger charge is -2.27. The van der Waals surface area contributed by atoms with Crippen molar-refractivity contribution in [2.75, 3.05) is 17.7 Å². The van der Waals surface area contributed by atoms with Crippen LogP contribution in [0.5, 0.6) is 11.5 Å². The van der Waals surface area contributed by atoms with E-state index in [2.05, 4.69) is 4.90 Å². The lowest BCUT2D eigenvalue weighted by molar-refractivity contribution is 0.0697. The second-order valence-corrected chi connectivity index (χ2v) is 8.05. The van der Waals surface area contributed by atoms with E-state index in [1.807, 2.05) is 48.5 Å². The van der Waals surface area contributed by atoms with E-state index in [1.165, 1.54) is 12.8 Å². The van der Waals surface area contributed by atoms with Crippen LogP contribution >= 0.6 is 0 Å². The van der Waals surface area contributed by atoms with Crippen LogP contribution in [0, 0.1) is 0 Å². The highest BCUT2D eigenvalue weighted by Gasteiger charge is 2.20. The molecule has 1 fully saturated rings. The number of carboxylic acids is 1. The van der Waals surface area contributed by atoms with Gasteiger partial charge in [-0.25, -0.2) is 4.79 Å². The fourth-order valence-electron chi connectivity index (χ4n) is 4.12. The number of nitrogens with zero attached hydrogens (tertiary/aromatic N) is 1. The van der Waals surface area contributed by atoms with E-state index >= 15 is 0 Å². The second-order valence-electron chi connectivity index (χ2n) is 8.05. The van der Waals surface area contributed by atoms with Crippen LogP contribution in [-0.2, 0) is 6.54 Å². The minimum atomic E-state index is -0.962. The van der Waals surface area contributed by atoms with E-state index in [9.17, 15) is 9.90 Å². The Labute approximate surface area is 188 Å². The topological polar surface area (TPSA) is 85.0 Å². The third-order valence-corrected chi connectivity index (χ3v) is 5.75. The molecule has 0 spiro atoms. The maximum absolute atomic E-state index is 11.6. The molecule has 1 aliphatic rings. The molecule has 6 heteroatoms. The molecule has 0 radical (unpaired) electrons. The van der Waals surface area contributed by atoms with Gasteiger partial charge in [0.25, 0.3) is 0 Å². The smallest absolute Gasteiger partial charge is 0.335 e. The number of methoxy groups -OCH3 is 1. The van der Waals surface area contributed by atoms with Gasteiger partial charge in [0.05, 0.1) is 18.8 Å². The first-order chi connectivity index (χ1) is 15.5. The van der Waals surface area contributed by atoms with Crippen molar-refractivity contribution in [1.82, 2.24) is 0 Å². The van der Waals surface area contributed by atoms with Crippen molar-refractivity contribution >= 4 is 23.0 Å². The van der Waals surface area contributed by atoms with Crippen LogP contribution in [0.15, 0.2) is 66.7 Å². The molecule has 0 bridgehead atoms. The summed E-state index contributed by atoms with van der Waals surface area (Å²) in [5.74, 6) is 0.420. The van der Waals surface area contributed by atoms with Crippen LogP contribution in [0.2, 0.25) is 0 Å². The molecule has 1 aliphatic carbocycles. The molecule has 0 aliphatic heterocycles. The first-order valence-corrected chi connectivity index (χ1v) is 10.8. The third-order valence-electron chi connectivity index (χ3n) is 5.75. The van der Waals surface area contributed by atoms with Gasteiger partial charge in [0.2, 0.25) is 0 Å². The highest BCUT2D eigenvalue weighted by molar-refractivity contribution is 5.89. The van der Waals surface area contributed by atoms with Crippen molar-refractivity contribution in [2.45, 2.75) is 38.3 Å². The van der Waals surface area contributed by atoms with Crippen molar-refractivity contribution in [3.05, 3.63) is 77.9 Å². The molecule has 4 rings (SSSR count). The van der Waals surface area contributed by atoms with Crippen LogP contribution in [-0.4, -0.2) is 24.3 Å². The van der Waals surface area contributed by atoms with E-state index in [-0.39, 0.29) is 11.7 Å². The number of hydrogen-bond acceptors (Lipinski definition) is 5. The zero-order chi connectivity index (χ0) is 22.5. The number of carboxylic acid groups (broad SMARTS) is 1. The molecule has 32 heavy (non-hydrogen) atoms. The minimum absolute atomic E-state index is 0.192. The first-order valence-electron chi connectivity index (χ1n) is 10.8. The largest absolute Gasteiger partial charge is 0.493 e. The average Bonchev–Trinajstić information content (AvgIpc) is 3.31. The number of nitrogens with two attached hydrogens (primary N) is 1. The minimum Gasteiger partial charge on any atom is -0.493 e. The molecule has 0 unspecified atom stereocenters. The molecular formula is C26H28N2O4. The summed E-state index contributed by atoms with van der Waals surface area (Å²) in [7, 11) is 1.64. The molecule has 0 atom stereocenters. The molecule has 0 aromatic heterocycles. The summed E-state index contributed by atoms with van der Waals surface area (Å²) in [4.78, 5) is 13.6. The van der Waals surface area contributed by atoms with Crippen molar-refractivity contribution < 1.29 is 19.4 Å². The molecule has 6 nitrogen and oxygen atoms in total. The van der Waals surface area contributed by atoms with E-state index in [0.717, 1.165) is 29.8 Å². The molecule has 0 amide bonds. The lowest BCUT2D eigenvalue weighted by Crippen LogP contribution is -2.18. The Morgan fingerprint density at radius 2 is 1.75 bits per heavy atom. The number of rotatable bonds is 8. The Bertz CT molecular complexity index is 1090. The van der Waals surface area contributed by atoms with Gasteiger partial charge in [-0.1, -0.05) is 18.2 Å². The molecule has 0 heterocycles. The van der Waals surface area contributed by atoms with Crippen molar-refractivity contribution in [1.29, 1.82) is 0 Å². The van der Waals surface area contributed by atoms with Crippen molar-refractivity contribution in [2.24, 2.45) is 0 Å². The van der Waals surface area contributed by atoms with Crippen LogP contribution in [0.3, 0.4) is 0 Å². The molecule has 1 saturated carbocycles. The zero-order valence-corrected chi connectivity index (χ0v) is 18.2. The van der Waals surface area contributed by atoms with Gasteiger partial charge < -0.3 is 25.2 Å². The number of aromatic carboxylic acids is 1. The number of ether oxygens (including phenoxy) is 2. The van der Waals surface area contributed by atoms with Crippen molar-refractivity contribution in [3.8, 4) is 11.5 Å². The Morgan fingerprint density at radius 1 is 1.00 bits per heavy atom. The molecule has 3 aromatic carbocycles. The van der Waals surface area contributed by atoms with Crippen LogP contribution in [0.25, 0.3) is 0 Å². The third kappa shape index (κ3) is 4.97. The Hall–Kier alpha value is -3.67. The predicted octanol–water partition coefficient (Wildman–Crippen LogP) is 5.64. The maximum Gasteiger partial charge on any atom is 0.335 e. The number of carbonyl (C=O) groups is 1. The van der Waals surface area contributed by atoms with E-state index in [4.69, 9.17) is 15.2 Å². The van der Waals surface area contributed by atoms with Gasteiger partial charge in [-0.3, -0.25) is 0 Å². The Balaban J connectivity index is 1.75. The normalized spacial score (nSPS) is 13.7. The average molecular weight is 433 g/mol. The SMILES string of the molecule is COc1ccc(N(Cc2cccc(N)c2)c2cccc(C(=O)O)c2)cc1OC1CCCC1. The number of hydrogen-bond donors (Lipinski definition) is 2. The standard InChI is InChI=1S/C26H28N2O4/c1-31-24-13-12-22(16-25(24)32-23-10-2-3-11-23)28(17-18-6-4-8-20(27)14-18)21-9-5-7-19(15-21)26(29)30/h4-9,12-16,23H,2-3,10-11,17,27H2,1H3,(H,29,30). The van der Waals surface area contributed by atoms with Gasteiger partial charge in [0.1, 0.15) is 0 Å². The van der Waals surface area contributed by atoms with Gasteiger partial charge in [-0.05, 0) is 73.7 Å². The molecule has 0 saturated heterocycles. The maximum atomic E-state index is 11.6. The van der Waals surface area contributed by atoms with E-state index < -0.39 is 5.97 Å². The lowest BCUT2D eigenvalue weighted by atomic mass is 10.1. The Morgan fingerprint density at radius 3 is 2.47 bits per heavy atom. The quantitative estimate of drug-likeness (QED) is 0.449. The van der Waals surface area contributed by atoms with Gasteiger partial charge in [-0.15, -0.1) is 0 Å². The summed E-state index contributed by atoms with van der Waals surface area (Å²) < 4.78 is 11.8. The summed E-state index contributed by atoms with van der Waals surface area (Å²) in [5, 5.41) is 9.49. The number of anilines is 3. The zero-order valence-electron chi connectivity index (χ0n) is 18.2. The van der Waals surface area contributed by atoms with E-state index in [1.54, 1.807) is 25.3 Å². The van der Waals surface area contributed by atoms with Crippen molar-refractivity contribution in [3.63, 3.8) is 0 Å². The van der Waals surface area contributed by atoms with Gasteiger partial charge in [0.15, 0.2) is 11.5 Å². The number of benzene rings is 3. The van der Waals surface area contributed by atoms with Gasteiger partial charge in [-0.2, -0.15) is 0 Å². The first kappa shape index (κ1) is 21.6.